The van der Waals surface area contributed by atoms with Crippen molar-refractivity contribution in [3.8, 4) is 0 Å². The Labute approximate surface area is 190 Å². The van der Waals surface area contributed by atoms with Crippen LogP contribution < -0.4 is 0 Å². The zero-order valence-corrected chi connectivity index (χ0v) is 19.1. The Kier molecular flexibility index (Phi) is 11.0. The highest BCUT2D eigenvalue weighted by Gasteiger charge is 2.36. The van der Waals surface area contributed by atoms with Crippen molar-refractivity contribution in [3.63, 3.8) is 0 Å². The maximum atomic E-state index is 12.6. The van der Waals surface area contributed by atoms with Gasteiger partial charge in [-0.1, -0.05) is 13.0 Å². The van der Waals surface area contributed by atoms with Crippen molar-refractivity contribution in [2.45, 2.75) is 83.2 Å². The van der Waals surface area contributed by atoms with Gasteiger partial charge in [0.25, 0.3) is 0 Å². The Balaban J connectivity index is 1.72. The van der Waals surface area contributed by atoms with E-state index in [-0.39, 0.29) is 37.2 Å². The van der Waals surface area contributed by atoms with E-state index in [1.165, 1.54) is 6.26 Å². The third-order valence-corrected chi connectivity index (χ3v) is 5.80. The summed E-state index contributed by atoms with van der Waals surface area (Å²) < 4.78 is 10.3. The molecule has 2 fully saturated rings. The summed E-state index contributed by atoms with van der Waals surface area (Å²) in [6.07, 6.45) is 10.7. The van der Waals surface area contributed by atoms with Crippen LogP contribution in [0.5, 0.6) is 0 Å². The van der Waals surface area contributed by atoms with Gasteiger partial charge in [0.15, 0.2) is 0 Å². The molecular formula is C24H36N2O6. The zero-order chi connectivity index (χ0) is 23.3. The minimum atomic E-state index is -0.525. The van der Waals surface area contributed by atoms with E-state index in [0.29, 0.717) is 45.2 Å². The molecule has 178 valence electrons. The van der Waals surface area contributed by atoms with Gasteiger partial charge in [0, 0.05) is 25.9 Å². The standard InChI is InChI=1S/C24H36N2O6/c1-3-5-17-31-23(29)19-11-9-15-25(19)21(27)13-7-8-14-22(28)26-16-10-12-20(26)24(30)32-18-6-4-2/h3,6,18-20H,1,4-5,7-17H2,2H3/t19-,20-/m1/s1. The quantitative estimate of drug-likeness (QED) is 0.197. The summed E-state index contributed by atoms with van der Waals surface area (Å²) in [7, 11) is 0. The SMILES string of the molecule is C=CCCOC(=O)[C@H]1CCCN1C(=O)CCCCC(=O)N1CCC[C@@H]1C(=O)OC=CCC. The molecule has 0 bridgehead atoms. The highest BCUT2D eigenvalue weighted by molar-refractivity contribution is 5.86. The molecule has 0 N–H and O–H groups in total. The number of carbonyl (C=O) groups excluding carboxylic acids is 4. The molecule has 0 aliphatic carbocycles. The predicted octanol–water partition coefficient (Wildman–Crippen LogP) is 3.12. The fraction of sp³-hybridized carbons (Fsp3) is 0.667. The molecule has 8 heteroatoms. The Bertz CT molecular complexity index is 705. The molecule has 0 spiro atoms. The molecule has 8 nitrogen and oxygen atoms in total. The topological polar surface area (TPSA) is 93.2 Å². The third-order valence-electron chi connectivity index (χ3n) is 5.80. The monoisotopic (exact) mass is 448 g/mol. The molecule has 0 aromatic carbocycles. The summed E-state index contributed by atoms with van der Waals surface area (Å²) in [5.41, 5.74) is 0. The van der Waals surface area contributed by atoms with E-state index in [1.54, 1.807) is 22.0 Å². The number of likely N-dealkylation sites (tertiary alicyclic amines) is 2. The van der Waals surface area contributed by atoms with Gasteiger partial charge in [-0.25, -0.2) is 9.59 Å². The number of allylic oxidation sites excluding steroid dienone is 1. The van der Waals surface area contributed by atoms with Gasteiger partial charge >= 0.3 is 11.9 Å². The van der Waals surface area contributed by atoms with Crippen LogP contribution in [0.4, 0.5) is 0 Å². The third kappa shape index (κ3) is 7.50. The van der Waals surface area contributed by atoms with E-state index >= 15 is 0 Å². The first kappa shape index (κ1) is 25.6. The fourth-order valence-corrected chi connectivity index (χ4v) is 4.09. The summed E-state index contributed by atoms with van der Waals surface area (Å²) in [6, 6.07) is -1.03. The van der Waals surface area contributed by atoms with E-state index in [0.717, 1.165) is 19.3 Å². The molecule has 2 saturated heterocycles. The van der Waals surface area contributed by atoms with E-state index in [1.807, 2.05) is 6.92 Å². The lowest BCUT2D eigenvalue weighted by Gasteiger charge is -2.24. The maximum Gasteiger partial charge on any atom is 0.333 e. The van der Waals surface area contributed by atoms with Crippen molar-refractivity contribution in [1.82, 2.24) is 9.80 Å². The van der Waals surface area contributed by atoms with Gasteiger partial charge in [-0.3, -0.25) is 9.59 Å². The number of amides is 2. The average molecular weight is 449 g/mol. The smallest absolute Gasteiger partial charge is 0.333 e. The van der Waals surface area contributed by atoms with Crippen LogP contribution in [0.2, 0.25) is 0 Å². The molecule has 2 aliphatic heterocycles. The number of unbranched alkanes of at least 4 members (excludes halogenated alkanes) is 1. The van der Waals surface area contributed by atoms with Crippen LogP contribution in [0.15, 0.2) is 25.0 Å². The second-order valence-electron chi connectivity index (χ2n) is 8.16. The van der Waals surface area contributed by atoms with E-state index in [2.05, 4.69) is 6.58 Å². The molecule has 0 unspecified atom stereocenters. The Morgan fingerprint density at radius 3 is 2.03 bits per heavy atom. The van der Waals surface area contributed by atoms with Gasteiger partial charge in [0.1, 0.15) is 12.1 Å². The normalized spacial score (nSPS) is 20.5. The van der Waals surface area contributed by atoms with Crippen molar-refractivity contribution < 1.29 is 28.7 Å². The highest BCUT2D eigenvalue weighted by Crippen LogP contribution is 2.22. The Morgan fingerprint density at radius 1 is 0.938 bits per heavy atom. The first-order valence-corrected chi connectivity index (χ1v) is 11.7. The van der Waals surface area contributed by atoms with Gasteiger partial charge in [0.2, 0.25) is 11.8 Å². The lowest BCUT2D eigenvalue weighted by Crippen LogP contribution is -2.41. The van der Waals surface area contributed by atoms with Crippen LogP contribution in [-0.4, -0.2) is 65.3 Å². The van der Waals surface area contributed by atoms with Crippen LogP contribution in [-0.2, 0) is 28.7 Å². The highest BCUT2D eigenvalue weighted by atomic mass is 16.5. The van der Waals surface area contributed by atoms with E-state index in [9.17, 15) is 19.2 Å². The lowest BCUT2D eigenvalue weighted by atomic mass is 10.1. The summed E-state index contributed by atoms with van der Waals surface area (Å²) in [5, 5.41) is 0. The van der Waals surface area contributed by atoms with E-state index in [4.69, 9.17) is 9.47 Å². The van der Waals surface area contributed by atoms with Gasteiger partial charge in [-0.05, 0) is 57.4 Å². The molecule has 32 heavy (non-hydrogen) atoms. The minimum absolute atomic E-state index is 0.0778. The summed E-state index contributed by atoms with van der Waals surface area (Å²) in [6.45, 7) is 6.93. The number of esters is 2. The number of rotatable bonds is 12. The first-order chi connectivity index (χ1) is 15.5. The van der Waals surface area contributed by atoms with Crippen molar-refractivity contribution >= 4 is 23.8 Å². The number of ether oxygens (including phenoxy) is 2. The number of hydrogen-bond donors (Lipinski definition) is 0. The van der Waals surface area contributed by atoms with Gasteiger partial charge in [-0.2, -0.15) is 0 Å². The average Bonchev–Trinajstić information content (AvgIpc) is 3.46. The molecule has 0 saturated carbocycles. The van der Waals surface area contributed by atoms with Crippen LogP contribution in [0.1, 0.15) is 71.1 Å². The second kappa shape index (κ2) is 13.7. The molecule has 2 rings (SSSR count). The number of carbonyl (C=O) groups is 4. The van der Waals surface area contributed by atoms with Gasteiger partial charge < -0.3 is 19.3 Å². The Hall–Kier alpha value is -2.64. The minimum Gasteiger partial charge on any atom is -0.464 e. The molecule has 2 heterocycles. The zero-order valence-electron chi connectivity index (χ0n) is 19.1. The molecule has 0 aromatic rings. The largest absolute Gasteiger partial charge is 0.464 e. The van der Waals surface area contributed by atoms with Crippen LogP contribution in [0, 0.1) is 0 Å². The Morgan fingerprint density at radius 2 is 1.50 bits per heavy atom. The molecule has 2 amide bonds. The molecule has 2 aliphatic rings. The summed E-state index contributed by atoms with van der Waals surface area (Å²) >= 11 is 0. The fourth-order valence-electron chi connectivity index (χ4n) is 4.09. The number of hydrogen-bond acceptors (Lipinski definition) is 6. The van der Waals surface area contributed by atoms with Crippen molar-refractivity contribution in [1.29, 1.82) is 0 Å². The van der Waals surface area contributed by atoms with Crippen molar-refractivity contribution in [2.75, 3.05) is 19.7 Å². The maximum absolute atomic E-state index is 12.6. The van der Waals surface area contributed by atoms with E-state index < -0.39 is 18.1 Å². The van der Waals surface area contributed by atoms with Gasteiger partial charge in [-0.15, -0.1) is 6.58 Å². The van der Waals surface area contributed by atoms with Crippen molar-refractivity contribution in [2.24, 2.45) is 0 Å². The van der Waals surface area contributed by atoms with Crippen LogP contribution in [0.3, 0.4) is 0 Å². The van der Waals surface area contributed by atoms with Crippen molar-refractivity contribution in [3.05, 3.63) is 25.0 Å². The van der Waals surface area contributed by atoms with Gasteiger partial charge in [0.05, 0.1) is 12.9 Å². The van der Waals surface area contributed by atoms with Crippen LogP contribution >= 0.6 is 0 Å². The predicted molar refractivity (Wildman–Crippen MR) is 119 cm³/mol. The molecular weight excluding hydrogens is 412 g/mol. The summed E-state index contributed by atoms with van der Waals surface area (Å²) in [4.78, 5) is 52.8. The lowest BCUT2D eigenvalue weighted by molar-refractivity contribution is -0.153. The molecule has 0 aromatic heterocycles. The second-order valence-corrected chi connectivity index (χ2v) is 8.16. The molecule has 0 radical (unpaired) electrons. The molecule has 2 atom stereocenters. The number of nitrogens with zero attached hydrogens (tertiary/aromatic N) is 2. The first-order valence-electron chi connectivity index (χ1n) is 11.7. The van der Waals surface area contributed by atoms with Crippen LogP contribution in [0.25, 0.3) is 0 Å². The summed E-state index contributed by atoms with van der Waals surface area (Å²) in [5.74, 6) is -0.906.